The average Bonchev–Trinajstić information content (AvgIpc) is 3.31. The average molecular weight is 396 g/mol. The van der Waals surface area contributed by atoms with Crippen LogP contribution in [0.5, 0.6) is 0 Å². The Kier molecular flexibility index (Phi) is 5.22. The van der Waals surface area contributed by atoms with Crippen LogP contribution in [0.15, 0.2) is 24.3 Å². The quantitative estimate of drug-likeness (QED) is 0.670. The molecule has 1 fully saturated rings. The predicted molar refractivity (Wildman–Crippen MR) is 102 cm³/mol. The number of hydrogen-bond acceptors (Lipinski definition) is 4. The van der Waals surface area contributed by atoms with E-state index >= 15 is 0 Å². The van der Waals surface area contributed by atoms with Gasteiger partial charge in [0.2, 0.25) is 0 Å². The van der Waals surface area contributed by atoms with Crippen molar-refractivity contribution in [1.82, 2.24) is 9.78 Å². The van der Waals surface area contributed by atoms with Gasteiger partial charge < -0.3 is 16.6 Å². The van der Waals surface area contributed by atoms with Crippen molar-refractivity contribution >= 4 is 5.82 Å². The van der Waals surface area contributed by atoms with Gasteiger partial charge in [0.15, 0.2) is 0 Å². The van der Waals surface area contributed by atoms with Gasteiger partial charge in [0.1, 0.15) is 12.0 Å². The van der Waals surface area contributed by atoms with Gasteiger partial charge in [-0.15, -0.1) is 0 Å². The minimum Gasteiger partial charge on any atom is -0.384 e. The van der Waals surface area contributed by atoms with Gasteiger partial charge in [-0.3, -0.25) is 0 Å². The molecule has 5 N–H and O–H groups in total. The second-order valence-corrected chi connectivity index (χ2v) is 8.58. The second-order valence-electron chi connectivity index (χ2n) is 8.58. The molecule has 0 radical (unpaired) electrons. The molecule has 0 spiro atoms. The van der Waals surface area contributed by atoms with Crippen LogP contribution in [0.1, 0.15) is 68.3 Å². The minimum atomic E-state index is -4.47. The van der Waals surface area contributed by atoms with Crippen molar-refractivity contribution in [3.8, 4) is 0 Å². The molecule has 0 saturated heterocycles. The highest BCUT2D eigenvalue weighted by Crippen LogP contribution is 2.45. The topological polar surface area (TPSA) is 90.1 Å². The molecule has 2 unspecified atom stereocenters. The van der Waals surface area contributed by atoms with Crippen LogP contribution in [0.4, 0.5) is 19.0 Å². The van der Waals surface area contributed by atoms with Crippen LogP contribution in [-0.2, 0) is 11.8 Å². The molecule has 1 aromatic heterocycles. The molecular weight excluding hydrogens is 369 g/mol. The predicted octanol–water partition coefficient (Wildman–Crippen LogP) is 3.82. The lowest BCUT2D eigenvalue weighted by Crippen LogP contribution is -2.18. The van der Waals surface area contributed by atoms with E-state index in [2.05, 4.69) is 25.9 Å². The summed E-state index contributed by atoms with van der Waals surface area (Å²) in [5.74, 6) is 0.232. The fraction of sp³-hybridized carbons (Fsp3) is 0.550. The lowest BCUT2D eigenvalue weighted by molar-refractivity contribution is -0.128. The molecule has 0 bridgehead atoms. The Bertz CT molecular complexity index is 831. The first kappa shape index (κ1) is 20.7. The summed E-state index contributed by atoms with van der Waals surface area (Å²) in [4.78, 5) is 0. The van der Waals surface area contributed by atoms with E-state index in [9.17, 15) is 18.3 Å². The molecule has 154 valence electrons. The van der Waals surface area contributed by atoms with E-state index in [1.54, 1.807) is 0 Å². The second kappa shape index (κ2) is 7.08. The molecule has 1 heterocycles. The summed E-state index contributed by atoms with van der Waals surface area (Å²) in [6.07, 6.45) is -5.48. The van der Waals surface area contributed by atoms with Gasteiger partial charge in [-0.05, 0) is 35.3 Å². The normalized spacial score (nSPS) is 17.6. The van der Waals surface area contributed by atoms with Gasteiger partial charge in [-0.2, -0.15) is 18.3 Å². The molecule has 1 aromatic carbocycles. The number of anilines is 1. The van der Waals surface area contributed by atoms with Crippen molar-refractivity contribution in [1.29, 1.82) is 0 Å². The van der Waals surface area contributed by atoms with Crippen molar-refractivity contribution in [2.24, 2.45) is 11.7 Å². The number of halogens is 3. The van der Waals surface area contributed by atoms with E-state index < -0.39 is 18.8 Å². The first-order valence-electron chi connectivity index (χ1n) is 9.36. The van der Waals surface area contributed by atoms with E-state index in [4.69, 9.17) is 11.5 Å². The van der Waals surface area contributed by atoms with Crippen LogP contribution in [-0.4, -0.2) is 21.1 Å². The van der Waals surface area contributed by atoms with E-state index in [0.29, 0.717) is 0 Å². The third kappa shape index (κ3) is 4.33. The number of aliphatic hydroxyl groups is 1. The van der Waals surface area contributed by atoms with Crippen LogP contribution >= 0.6 is 0 Å². The number of rotatable bonds is 5. The standard InChI is InChI=1S/C20H27F3N4O/c1-19(2,3)13-8-6-12(7-9-13)16(11-4-5-11)27-17(24)15(18(25)28)14(26-27)10-20(21,22)23/h6-9,11,16,18,28H,4-5,10,24-25H2,1-3H3. The van der Waals surface area contributed by atoms with Crippen LogP contribution in [0.3, 0.4) is 0 Å². The van der Waals surface area contributed by atoms with Crippen LogP contribution < -0.4 is 11.5 Å². The maximum Gasteiger partial charge on any atom is 0.394 e. The first-order chi connectivity index (χ1) is 12.9. The summed E-state index contributed by atoms with van der Waals surface area (Å²) in [6.45, 7) is 6.35. The van der Waals surface area contributed by atoms with E-state index in [0.717, 1.165) is 24.0 Å². The number of nitrogens with two attached hydrogens (primary N) is 2. The third-order valence-electron chi connectivity index (χ3n) is 5.18. The summed E-state index contributed by atoms with van der Waals surface area (Å²) in [7, 11) is 0. The van der Waals surface area contributed by atoms with Crippen LogP contribution in [0.25, 0.3) is 0 Å². The van der Waals surface area contributed by atoms with Crippen molar-refractivity contribution in [2.45, 2.75) is 63.9 Å². The van der Waals surface area contributed by atoms with Gasteiger partial charge in [0, 0.05) is 0 Å². The van der Waals surface area contributed by atoms with Gasteiger partial charge in [0.25, 0.3) is 0 Å². The Morgan fingerprint density at radius 2 is 1.75 bits per heavy atom. The summed E-state index contributed by atoms with van der Waals surface area (Å²) in [5.41, 5.74) is 13.2. The zero-order valence-corrected chi connectivity index (χ0v) is 16.3. The third-order valence-corrected chi connectivity index (χ3v) is 5.18. The molecule has 3 rings (SSSR count). The number of hydrogen-bond donors (Lipinski definition) is 3. The van der Waals surface area contributed by atoms with E-state index in [1.165, 1.54) is 4.68 Å². The monoisotopic (exact) mass is 396 g/mol. The highest BCUT2D eigenvalue weighted by Gasteiger charge is 2.39. The number of nitrogens with zero attached hydrogens (tertiary/aromatic N) is 2. The van der Waals surface area contributed by atoms with Crippen molar-refractivity contribution in [2.75, 3.05) is 5.73 Å². The van der Waals surface area contributed by atoms with Gasteiger partial charge in [0.05, 0.1) is 23.7 Å². The molecule has 0 aliphatic heterocycles. The van der Waals surface area contributed by atoms with Crippen molar-refractivity contribution < 1.29 is 18.3 Å². The molecule has 8 heteroatoms. The lowest BCUT2D eigenvalue weighted by atomic mass is 9.86. The molecule has 1 aliphatic carbocycles. The highest BCUT2D eigenvalue weighted by molar-refractivity contribution is 5.47. The molecule has 1 aliphatic rings. The molecule has 2 aromatic rings. The number of nitrogen functional groups attached to an aromatic ring is 1. The maximum atomic E-state index is 13.0. The first-order valence-corrected chi connectivity index (χ1v) is 9.36. The number of alkyl halides is 3. The maximum absolute atomic E-state index is 13.0. The summed E-state index contributed by atoms with van der Waals surface area (Å²) >= 11 is 0. The number of aromatic nitrogens is 2. The van der Waals surface area contributed by atoms with Gasteiger partial charge in [-0.1, -0.05) is 45.0 Å². The van der Waals surface area contributed by atoms with Crippen LogP contribution in [0, 0.1) is 5.92 Å². The molecule has 2 atom stereocenters. The number of aliphatic hydroxyl groups excluding tert-OH is 1. The fourth-order valence-electron chi connectivity index (χ4n) is 3.57. The molecule has 1 saturated carbocycles. The van der Waals surface area contributed by atoms with Gasteiger partial charge >= 0.3 is 6.18 Å². The fourth-order valence-corrected chi connectivity index (χ4v) is 3.57. The largest absolute Gasteiger partial charge is 0.394 e. The SMILES string of the molecule is CC(C)(C)c1ccc(C(C2CC2)n2nc(CC(F)(F)F)c(C(N)O)c2N)cc1. The Balaban J connectivity index is 2.05. The Morgan fingerprint density at radius 3 is 2.18 bits per heavy atom. The highest BCUT2D eigenvalue weighted by atomic mass is 19.4. The van der Waals surface area contributed by atoms with Crippen molar-refractivity contribution in [3.05, 3.63) is 46.6 Å². The van der Waals surface area contributed by atoms with Gasteiger partial charge in [-0.25, -0.2) is 4.68 Å². The molecule has 0 amide bonds. The van der Waals surface area contributed by atoms with E-state index in [-0.39, 0.29) is 34.4 Å². The molecule has 28 heavy (non-hydrogen) atoms. The summed E-state index contributed by atoms with van der Waals surface area (Å²) in [5, 5.41) is 14.0. The number of benzene rings is 1. The van der Waals surface area contributed by atoms with E-state index in [1.807, 2.05) is 24.3 Å². The summed E-state index contributed by atoms with van der Waals surface area (Å²) < 4.78 is 40.3. The smallest absolute Gasteiger partial charge is 0.384 e. The lowest BCUT2D eigenvalue weighted by Gasteiger charge is -2.23. The molecule has 5 nitrogen and oxygen atoms in total. The van der Waals surface area contributed by atoms with Crippen molar-refractivity contribution in [3.63, 3.8) is 0 Å². The zero-order chi connectivity index (χ0) is 20.9. The minimum absolute atomic E-state index is 0.00492. The Morgan fingerprint density at radius 1 is 1.18 bits per heavy atom. The molecular formula is C20H27F3N4O. The summed E-state index contributed by atoms with van der Waals surface area (Å²) in [6, 6.07) is 7.73. The van der Waals surface area contributed by atoms with Crippen LogP contribution in [0.2, 0.25) is 0 Å². The Labute approximate surface area is 162 Å². The Hall–Kier alpha value is -2.06. The zero-order valence-electron chi connectivity index (χ0n) is 16.3.